The van der Waals surface area contributed by atoms with Crippen molar-refractivity contribution in [1.82, 2.24) is 5.32 Å². The number of halogens is 1. The van der Waals surface area contributed by atoms with Gasteiger partial charge in [-0.2, -0.15) is 0 Å². The summed E-state index contributed by atoms with van der Waals surface area (Å²) in [6.07, 6.45) is 4.58. The minimum absolute atomic E-state index is 0.130. The van der Waals surface area contributed by atoms with Crippen LogP contribution in [0.1, 0.15) is 44.1 Å². The first-order valence-electron chi connectivity index (χ1n) is 7.84. The zero-order valence-electron chi connectivity index (χ0n) is 13.4. The van der Waals surface area contributed by atoms with Gasteiger partial charge in [0.2, 0.25) is 5.91 Å². The Kier molecular flexibility index (Phi) is 5.40. The van der Waals surface area contributed by atoms with E-state index in [1.165, 1.54) is 6.07 Å². The van der Waals surface area contributed by atoms with Crippen LogP contribution in [0.25, 0.3) is 0 Å². The molecule has 1 amide bonds. The van der Waals surface area contributed by atoms with Crippen molar-refractivity contribution < 1.29 is 14.3 Å². The Balaban J connectivity index is 1.87. The van der Waals surface area contributed by atoms with Gasteiger partial charge in [0, 0.05) is 20.6 Å². The smallest absolute Gasteiger partial charge is 0.223 e. The molecule has 2 N–H and O–H groups in total. The van der Waals surface area contributed by atoms with Crippen molar-refractivity contribution in [3.63, 3.8) is 0 Å². The minimum Gasteiger partial charge on any atom is -0.389 e. The fourth-order valence-corrected chi connectivity index (χ4v) is 2.97. The Morgan fingerprint density at radius 3 is 2.59 bits per heavy atom. The van der Waals surface area contributed by atoms with E-state index in [2.05, 4.69) is 5.32 Å². The van der Waals surface area contributed by atoms with Crippen molar-refractivity contribution >= 4 is 11.6 Å². The summed E-state index contributed by atoms with van der Waals surface area (Å²) in [7, 11) is 3.56. The molecule has 122 valence electrons. The number of carbonyl (C=O) groups excluding carboxylic acids is 1. The first kappa shape index (κ1) is 16.7. The maximum atomic E-state index is 13.9. The molecule has 2 rings (SSSR count). The molecule has 0 radical (unpaired) electrons. The average Bonchev–Trinajstić information content (AvgIpc) is 2.45. The third kappa shape index (κ3) is 4.44. The molecule has 1 aromatic rings. The Morgan fingerprint density at radius 2 is 2.00 bits per heavy atom. The number of hydrogen-bond acceptors (Lipinski definition) is 3. The van der Waals surface area contributed by atoms with E-state index in [0.717, 1.165) is 19.3 Å². The second-order valence-electron chi connectivity index (χ2n) is 6.42. The molecule has 0 spiro atoms. The van der Waals surface area contributed by atoms with Crippen molar-refractivity contribution in [3.05, 3.63) is 29.6 Å². The highest BCUT2D eigenvalue weighted by Gasteiger charge is 2.31. The van der Waals surface area contributed by atoms with Gasteiger partial charge in [0.1, 0.15) is 5.82 Å². The Bertz CT molecular complexity index is 525. The molecule has 22 heavy (non-hydrogen) atoms. The van der Waals surface area contributed by atoms with Crippen LogP contribution < -0.4 is 10.2 Å². The number of aliphatic hydroxyl groups is 1. The molecule has 4 nitrogen and oxygen atoms in total. The normalized spacial score (nSPS) is 17.1. The van der Waals surface area contributed by atoms with E-state index in [1.807, 2.05) is 0 Å². The summed E-state index contributed by atoms with van der Waals surface area (Å²) in [4.78, 5) is 13.7. The lowest BCUT2D eigenvalue weighted by Gasteiger charge is -2.31. The van der Waals surface area contributed by atoms with Gasteiger partial charge in [-0.3, -0.25) is 4.79 Å². The van der Waals surface area contributed by atoms with E-state index in [9.17, 15) is 14.3 Å². The lowest BCUT2D eigenvalue weighted by Crippen LogP contribution is -2.38. The second kappa shape index (κ2) is 7.09. The summed E-state index contributed by atoms with van der Waals surface area (Å²) in [6, 6.07) is 4.93. The molecule has 1 saturated carbocycles. The van der Waals surface area contributed by atoms with Crippen LogP contribution in [-0.2, 0) is 11.3 Å². The molecule has 0 unspecified atom stereocenters. The van der Waals surface area contributed by atoms with Crippen LogP contribution in [-0.4, -0.2) is 30.7 Å². The summed E-state index contributed by atoms with van der Waals surface area (Å²) in [5, 5.41) is 13.1. The monoisotopic (exact) mass is 308 g/mol. The highest BCUT2D eigenvalue weighted by Crippen LogP contribution is 2.30. The molecule has 5 heteroatoms. The van der Waals surface area contributed by atoms with Crippen LogP contribution in [0.2, 0.25) is 0 Å². The van der Waals surface area contributed by atoms with Crippen LogP contribution in [0.5, 0.6) is 0 Å². The number of hydrogen-bond donors (Lipinski definition) is 2. The van der Waals surface area contributed by atoms with Crippen LogP contribution in [0.4, 0.5) is 10.1 Å². The van der Waals surface area contributed by atoms with Crippen LogP contribution >= 0.6 is 0 Å². The van der Waals surface area contributed by atoms with Crippen molar-refractivity contribution in [2.24, 2.45) is 0 Å². The van der Waals surface area contributed by atoms with E-state index >= 15 is 0 Å². The molecule has 1 fully saturated rings. The summed E-state index contributed by atoms with van der Waals surface area (Å²) < 4.78 is 13.9. The molecule has 0 bridgehead atoms. The zero-order valence-corrected chi connectivity index (χ0v) is 13.4. The third-order valence-corrected chi connectivity index (χ3v) is 4.26. The van der Waals surface area contributed by atoms with E-state index in [-0.39, 0.29) is 24.7 Å². The van der Waals surface area contributed by atoms with Gasteiger partial charge < -0.3 is 15.3 Å². The van der Waals surface area contributed by atoms with Crippen LogP contribution in [0, 0.1) is 5.82 Å². The van der Waals surface area contributed by atoms with Crippen LogP contribution in [0.3, 0.4) is 0 Å². The highest BCUT2D eigenvalue weighted by molar-refractivity contribution is 5.77. The van der Waals surface area contributed by atoms with E-state index in [4.69, 9.17) is 0 Å². The lowest BCUT2D eigenvalue weighted by molar-refractivity contribution is -0.127. The van der Waals surface area contributed by atoms with Crippen molar-refractivity contribution in [1.29, 1.82) is 0 Å². The van der Waals surface area contributed by atoms with E-state index in [0.29, 0.717) is 24.1 Å². The Hall–Kier alpha value is -1.62. The molecule has 0 atom stereocenters. The van der Waals surface area contributed by atoms with Gasteiger partial charge in [0.15, 0.2) is 0 Å². The topological polar surface area (TPSA) is 52.6 Å². The fourth-order valence-electron chi connectivity index (χ4n) is 2.97. The molecular weight excluding hydrogens is 283 g/mol. The Labute approximate surface area is 131 Å². The van der Waals surface area contributed by atoms with Gasteiger partial charge in [-0.05, 0) is 30.5 Å². The van der Waals surface area contributed by atoms with Crippen molar-refractivity contribution in [2.75, 3.05) is 19.0 Å². The maximum absolute atomic E-state index is 13.9. The third-order valence-electron chi connectivity index (χ3n) is 4.26. The Morgan fingerprint density at radius 1 is 1.32 bits per heavy atom. The van der Waals surface area contributed by atoms with Gasteiger partial charge in [-0.15, -0.1) is 0 Å². The highest BCUT2D eigenvalue weighted by atomic mass is 19.1. The second-order valence-corrected chi connectivity index (χ2v) is 6.42. The standard InChI is InChI=1S/C17H25FN2O2/c1-20(2)15-7-6-13(10-14(15)18)12-19-16(21)11-17(22)8-4-3-5-9-17/h6-7,10,22H,3-5,8-9,11-12H2,1-2H3,(H,19,21). The summed E-state index contributed by atoms with van der Waals surface area (Å²) in [6.45, 7) is 0.277. The van der Waals surface area contributed by atoms with Crippen molar-refractivity contribution in [2.45, 2.75) is 50.7 Å². The lowest BCUT2D eigenvalue weighted by atomic mass is 9.82. The summed E-state index contributed by atoms with van der Waals surface area (Å²) >= 11 is 0. The maximum Gasteiger partial charge on any atom is 0.223 e. The molecule has 1 aliphatic carbocycles. The zero-order chi connectivity index (χ0) is 16.2. The fraction of sp³-hybridized carbons (Fsp3) is 0.588. The van der Waals surface area contributed by atoms with E-state index in [1.54, 1.807) is 31.1 Å². The van der Waals surface area contributed by atoms with Crippen LogP contribution in [0.15, 0.2) is 18.2 Å². The number of rotatable bonds is 5. The predicted octanol–water partition coefficient (Wildman–Crippen LogP) is 2.59. The molecule has 1 aromatic carbocycles. The average molecular weight is 308 g/mol. The van der Waals surface area contributed by atoms with E-state index < -0.39 is 5.60 Å². The number of nitrogens with zero attached hydrogens (tertiary/aromatic N) is 1. The molecule has 0 saturated heterocycles. The number of nitrogens with one attached hydrogen (secondary N) is 1. The molecular formula is C17H25FN2O2. The van der Waals surface area contributed by atoms with Gasteiger partial charge in [-0.1, -0.05) is 25.3 Å². The molecule has 1 aliphatic rings. The SMILES string of the molecule is CN(C)c1ccc(CNC(=O)CC2(O)CCCCC2)cc1F. The van der Waals surface area contributed by atoms with Crippen molar-refractivity contribution in [3.8, 4) is 0 Å². The number of amides is 1. The van der Waals surface area contributed by atoms with Gasteiger partial charge in [0.05, 0.1) is 17.7 Å². The quantitative estimate of drug-likeness (QED) is 0.879. The molecule has 0 heterocycles. The first-order chi connectivity index (χ1) is 10.4. The van der Waals surface area contributed by atoms with Gasteiger partial charge in [0.25, 0.3) is 0 Å². The van der Waals surface area contributed by atoms with Gasteiger partial charge >= 0.3 is 0 Å². The predicted molar refractivity (Wildman–Crippen MR) is 85.2 cm³/mol. The number of carbonyl (C=O) groups is 1. The summed E-state index contributed by atoms with van der Waals surface area (Å²) in [5.41, 5.74) is 0.376. The number of benzene rings is 1. The summed E-state index contributed by atoms with van der Waals surface area (Å²) in [5.74, 6) is -0.482. The first-order valence-corrected chi connectivity index (χ1v) is 7.84. The molecule has 0 aromatic heterocycles. The largest absolute Gasteiger partial charge is 0.389 e. The minimum atomic E-state index is -0.859. The van der Waals surface area contributed by atoms with Gasteiger partial charge in [-0.25, -0.2) is 4.39 Å². The number of anilines is 1. The molecule has 0 aliphatic heterocycles.